The molecule has 40 heavy (non-hydrogen) atoms. The van der Waals surface area contributed by atoms with E-state index in [-0.39, 0.29) is 24.9 Å². The summed E-state index contributed by atoms with van der Waals surface area (Å²) in [4.78, 5) is 29.3. The molecule has 1 heterocycles. The Hall–Kier alpha value is -3.79. The van der Waals surface area contributed by atoms with Crippen LogP contribution in [0.1, 0.15) is 31.9 Å². The Kier molecular flexibility index (Phi) is 11.2. The van der Waals surface area contributed by atoms with E-state index in [4.69, 9.17) is 10.6 Å². The van der Waals surface area contributed by atoms with Gasteiger partial charge in [0.2, 0.25) is 5.91 Å². The molecule has 9 heteroatoms. The van der Waals surface area contributed by atoms with Crippen molar-refractivity contribution >= 4 is 12.0 Å². The lowest BCUT2D eigenvalue weighted by molar-refractivity contribution is -0.125. The van der Waals surface area contributed by atoms with Crippen molar-refractivity contribution in [3.63, 3.8) is 0 Å². The summed E-state index contributed by atoms with van der Waals surface area (Å²) in [6.07, 6.45) is 0.807. The molecule has 2 aromatic carbocycles. The topological polar surface area (TPSA) is 130 Å². The second-order valence-corrected chi connectivity index (χ2v) is 11.0. The number of aliphatic hydroxyl groups is 1. The second kappa shape index (κ2) is 14.6. The van der Waals surface area contributed by atoms with Gasteiger partial charge in [0, 0.05) is 37.3 Å². The predicted molar refractivity (Wildman–Crippen MR) is 156 cm³/mol. The molecule has 0 bridgehead atoms. The highest BCUT2D eigenvalue weighted by Gasteiger charge is 2.34. The van der Waals surface area contributed by atoms with Crippen LogP contribution >= 0.6 is 0 Å². The molecular weight excluding hydrogens is 506 g/mol. The van der Waals surface area contributed by atoms with E-state index in [1.54, 1.807) is 11.2 Å². The van der Waals surface area contributed by atoms with Gasteiger partial charge in [-0.05, 0) is 35.1 Å². The number of benzene rings is 2. The fourth-order valence-electron chi connectivity index (χ4n) is 4.45. The molecule has 0 saturated heterocycles. The number of rotatable bonds is 12. The molecule has 0 unspecified atom stereocenters. The molecule has 9 nitrogen and oxygen atoms in total. The van der Waals surface area contributed by atoms with Gasteiger partial charge in [-0.3, -0.25) is 15.6 Å². The normalized spacial score (nSPS) is 13.8. The quantitative estimate of drug-likeness (QED) is 0.202. The van der Waals surface area contributed by atoms with Gasteiger partial charge in [0.05, 0.1) is 18.9 Å². The third-order valence-electron chi connectivity index (χ3n) is 6.72. The van der Waals surface area contributed by atoms with Crippen molar-refractivity contribution in [1.29, 1.82) is 0 Å². The average molecular weight is 548 g/mol. The summed E-state index contributed by atoms with van der Waals surface area (Å²) in [6.45, 7) is 6.44. The predicted octanol–water partition coefficient (Wildman–Crippen LogP) is 3.53. The summed E-state index contributed by atoms with van der Waals surface area (Å²) in [5.74, 6) is 5.67. The Morgan fingerprint density at radius 1 is 1.00 bits per heavy atom. The molecule has 214 valence electrons. The van der Waals surface area contributed by atoms with Gasteiger partial charge in [-0.15, -0.1) is 0 Å². The molecule has 0 spiro atoms. The van der Waals surface area contributed by atoms with Crippen molar-refractivity contribution in [2.75, 3.05) is 20.2 Å². The molecule has 0 aliphatic rings. The van der Waals surface area contributed by atoms with Gasteiger partial charge in [0.1, 0.15) is 6.04 Å². The first-order valence-corrected chi connectivity index (χ1v) is 13.4. The van der Waals surface area contributed by atoms with Crippen LogP contribution in [-0.4, -0.2) is 59.4 Å². The number of hydrogen-bond acceptors (Lipinski definition) is 7. The van der Waals surface area contributed by atoms with Crippen molar-refractivity contribution < 1.29 is 19.4 Å². The highest BCUT2D eigenvalue weighted by Crippen LogP contribution is 2.21. The largest absolute Gasteiger partial charge is 0.453 e. The number of hydrogen-bond donors (Lipinski definition) is 4. The molecule has 0 aliphatic carbocycles. The number of nitrogens with one attached hydrogen (secondary N) is 2. The molecule has 0 saturated carbocycles. The Morgan fingerprint density at radius 2 is 1.68 bits per heavy atom. The maximum absolute atomic E-state index is 13.1. The zero-order chi connectivity index (χ0) is 29.1. The summed E-state index contributed by atoms with van der Waals surface area (Å²) >= 11 is 0. The molecule has 1 aromatic heterocycles. The summed E-state index contributed by atoms with van der Waals surface area (Å²) in [7, 11) is 1.26. The van der Waals surface area contributed by atoms with E-state index < -0.39 is 23.7 Å². The lowest BCUT2D eigenvalue weighted by atomic mass is 9.86. The van der Waals surface area contributed by atoms with Gasteiger partial charge in [-0.2, -0.15) is 0 Å². The number of alkyl carbamates (subject to hydrolysis) is 1. The maximum Gasteiger partial charge on any atom is 0.407 e. The molecule has 3 aromatic rings. The minimum absolute atomic E-state index is 0.205. The van der Waals surface area contributed by atoms with Crippen molar-refractivity contribution in [1.82, 2.24) is 20.6 Å². The Bertz CT molecular complexity index is 1200. The number of aliphatic hydroxyl groups excluding tert-OH is 1. The summed E-state index contributed by atoms with van der Waals surface area (Å²) in [5, 5.41) is 18.4. The van der Waals surface area contributed by atoms with Crippen molar-refractivity contribution in [3.05, 3.63) is 90.1 Å². The fraction of sp³-hybridized carbons (Fsp3) is 0.387. The van der Waals surface area contributed by atoms with E-state index >= 15 is 0 Å². The van der Waals surface area contributed by atoms with Crippen LogP contribution in [-0.2, 0) is 22.5 Å². The van der Waals surface area contributed by atoms with Crippen LogP contribution in [0.15, 0.2) is 79.0 Å². The molecule has 5 N–H and O–H groups in total. The van der Waals surface area contributed by atoms with Crippen LogP contribution in [0.25, 0.3) is 11.3 Å². The van der Waals surface area contributed by atoms with Crippen LogP contribution < -0.4 is 16.5 Å². The zero-order valence-corrected chi connectivity index (χ0v) is 23.7. The lowest BCUT2D eigenvalue weighted by Crippen LogP contribution is -2.55. The minimum Gasteiger partial charge on any atom is -0.453 e. The van der Waals surface area contributed by atoms with Crippen LogP contribution in [0.5, 0.6) is 0 Å². The van der Waals surface area contributed by atoms with Gasteiger partial charge >= 0.3 is 6.09 Å². The number of nitrogens with two attached hydrogens (primary N) is 1. The van der Waals surface area contributed by atoms with Gasteiger partial charge in [-0.1, -0.05) is 81.4 Å². The van der Waals surface area contributed by atoms with Gasteiger partial charge < -0.3 is 20.5 Å². The molecule has 3 atom stereocenters. The Morgan fingerprint density at radius 3 is 2.27 bits per heavy atom. The third-order valence-corrected chi connectivity index (χ3v) is 6.72. The minimum atomic E-state index is -0.819. The average Bonchev–Trinajstić information content (AvgIpc) is 2.94. The number of carbonyl (C=O) groups is 2. The SMILES string of the molecule is COC(=O)N[C@H](C(=O)NC[C@@H](Cc1ccccc1)[C@@H](O)CN(N)Cc1ccc(-c2ccccn2)cc1)C(C)(C)C. The molecule has 0 fully saturated rings. The number of ether oxygens (including phenoxy) is 1. The smallest absolute Gasteiger partial charge is 0.407 e. The highest BCUT2D eigenvalue weighted by molar-refractivity contribution is 5.86. The van der Waals surface area contributed by atoms with Crippen LogP contribution in [0.3, 0.4) is 0 Å². The van der Waals surface area contributed by atoms with E-state index in [9.17, 15) is 14.7 Å². The van der Waals surface area contributed by atoms with Crippen LogP contribution in [0, 0.1) is 11.3 Å². The first-order chi connectivity index (χ1) is 19.1. The van der Waals surface area contributed by atoms with Gasteiger partial charge in [0.15, 0.2) is 0 Å². The second-order valence-electron chi connectivity index (χ2n) is 11.0. The van der Waals surface area contributed by atoms with Crippen LogP contribution in [0.4, 0.5) is 4.79 Å². The zero-order valence-electron chi connectivity index (χ0n) is 23.7. The van der Waals surface area contributed by atoms with Crippen molar-refractivity contribution in [3.8, 4) is 11.3 Å². The van der Waals surface area contributed by atoms with E-state index in [0.717, 1.165) is 22.4 Å². The monoisotopic (exact) mass is 547 g/mol. The number of amides is 2. The summed E-state index contributed by atoms with van der Waals surface area (Å²) in [5.41, 5.74) is 3.40. The number of carbonyl (C=O) groups excluding carboxylic acids is 2. The summed E-state index contributed by atoms with van der Waals surface area (Å²) in [6, 6.07) is 22.8. The fourth-order valence-corrected chi connectivity index (χ4v) is 4.45. The number of nitrogens with zero attached hydrogens (tertiary/aromatic N) is 2. The molecular formula is C31H41N5O4. The number of hydrazine groups is 1. The number of methoxy groups -OCH3 is 1. The van der Waals surface area contributed by atoms with Crippen molar-refractivity contribution in [2.45, 2.75) is 45.9 Å². The molecule has 3 rings (SSSR count). The van der Waals surface area contributed by atoms with E-state index in [0.29, 0.717) is 13.0 Å². The van der Waals surface area contributed by atoms with Crippen molar-refractivity contribution in [2.24, 2.45) is 17.2 Å². The third kappa shape index (κ3) is 9.44. The lowest BCUT2D eigenvalue weighted by Gasteiger charge is -2.31. The Labute approximate surface area is 236 Å². The highest BCUT2D eigenvalue weighted by atomic mass is 16.5. The first kappa shape index (κ1) is 30.7. The number of aromatic nitrogens is 1. The van der Waals surface area contributed by atoms with E-state index in [1.807, 2.05) is 93.6 Å². The van der Waals surface area contributed by atoms with Gasteiger partial charge in [-0.25, -0.2) is 9.80 Å². The first-order valence-electron chi connectivity index (χ1n) is 13.4. The van der Waals surface area contributed by atoms with E-state index in [2.05, 4.69) is 15.6 Å². The summed E-state index contributed by atoms with van der Waals surface area (Å²) < 4.78 is 4.70. The number of pyridine rings is 1. The maximum atomic E-state index is 13.1. The van der Waals surface area contributed by atoms with Gasteiger partial charge in [0.25, 0.3) is 0 Å². The van der Waals surface area contributed by atoms with Crippen LogP contribution in [0.2, 0.25) is 0 Å². The molecule has 0 aliphatic heterocycles. The van der Waals surface area contributed by atoms with E-state index in [1.165, 1.54) is 7.11 Å². The molecule has 2 amide bonds. The standard InChI is InChI=1S/C31H41N5O4/c1-31(2,3)28(35-30(39)40-4)29(38)34-19-25(18-22-10-6-5-7-11-22)27(37)21-36(32)20-23-13-15-24(16-14-23)26-12-8-9-17-33-26/h5-17,25,27-28,37H,18-21,32H2,1-4H3,(H,34,38)(H,35,39)/t25-,27+,28-/m1/s1. The molecule has 0 radical (unpaired) electrons. The Balaban J connectivity index is 1.65.